The molecule has 0 saturated carbocycles. The normalized spacial score (nSPS) is 10.4. The molecule has 0 fully saturated rings. The maximum atomic E-state index is 11.9. The molecular formula is C15H16N4O6S. The van der Waals surface area contributed by atoms with Crippen LogP contribution in [0.2, 0.25) is 0 Å². The number of nitro groups is 1. The predicted octanol–water partition coefficient (Wildman–Crippen LogP) is 2.01. The van der Waals surface area contributed by atoms with Gasteiger partial charge in [-0.15, -0.1) is 11.8 Å². The summed E-state index contributed by atoms with van der Waals surface area (Å²) in [7, 11) is 0. The Morgan fingerprint density at radius 3 is 2.81 bits per heavy atom. The third kappa shape index (κ3) is 5.55. The van der Waals surface area contributed by atoms with Crippen LogP contribution in [0.4, 0.5) is 11.4 Å². The van der Waals surface area contributed by atoms with E-state index >= 15 is 0 Å². The highest BCUT2D eigenvalue weighted by atomic mass is 32.2. The monoisotopic (exact) mass is 380 g/mol. The highest BCUT2D eigenvalue weighted by Crippen LogP contribution is 2.24. The minimum atomic E-state index is -0.583. The number of hydrogen-bond donors (Lipinski definition) is 1. The third-order valence-corrected chi connectivity index (χ3v) is 4.06. The first-order valence-electron chi connectivity index (χ1n) is 7.43. The fourth-order valence-electron chi connectivity index (χ4n) is 1.96. The number of esters is 1. The fraction of sp³-hybridized carbons (Fsp3) is 0.333. The van der Waals surface area contributed by atoms with Crippen LogP contribution in [0.5, 0.6) is 0 Å². The summed E-state index contributed by atoms with van der Waals surface area (Å²) in [5.41, 5.74) is 0.512. The topological polar surface area (TPSA) is 137 Å². The van der Waals surface area contributed by atoms with E-state index in [1.54, 1.807) is 6.92 Å². The van der Waals surface area contributed by atoms with Gasteiger partial charge in [0.15, 0.2) is 12.4 Å². The highest BCUT2D eigenvalue weighted by Gasteiger charge is 2.15. The van der Waals surface area contributed by atoms with Crippen LogP contribution in [0, 0.1) is 24.0 Å². The molecule has 0 aliphatic carbocycles. The van der Waals surface area contributed by atoms with Crippen molar-refractivity contribution in [2.45, 2.75) is 19.6 Å². The van der Waals surface area contributed by atoms with E-state index in [1.807, 2.05) is 0 Å². The molecule has 1 amide bonds. The van der Waals surface area contributed by atoms with Crippen LogP contribution >= 0.6 is 11.8 Å². The van der Waals surface area contributed by atoms with Crippen LogP contribution in [0.1, 0.15) is 17.3 Å². The van der Waals surface area contributed by atoms with Crippen molar-refractivity contribution in [3.63, 3.8) is 0 Å². The second-order valence-corrected chi connectivity index (χ2v) is 6.12. The van der Waals surface area contributed by atoms with Crippen molar-refractivity contribution in [1.29, 1.82) is 0 Å². The number of ether oxygens (including phenoxy) is 1. The van der Waals surface area contributed by atoms with E-state index in [0.29, 0.717) is 28.7 Å². The van der Waals surface area contributed by atoms with Gasteiger partial charge in [0.2, 0.25) is 5.89 Å². The lowest BCUT2D eigenvalue weighted by molar-refractivity contribution is -0.385. The smallest absolute Gasteiger partial charge is 0.316 e. The summed E-state index contributed by atoms with van der Waals surface area (Å²) < 4.78 is 9.67. The average Bonchev–Trinajstić information content (AvgIpc) is 3.00. The number of aromatic nitrogens is 2. The Labute approximate surface area is 152 Å². The quantitative estimate of drug-likeness (QED) is 0.414. The van der Waals surface area contributed by atoms with Crippen molar-refractivity contribution in [2.24, 2.45) is 0 Å². The van der Waals surface area contributed by atoms with Gasteiger partial charge < -0.3 is 14.6 Å². The molecule has 11 heteroatoms. The molecule has 26 heavy (non-hydrogen) atoms. The van der Waals surface area contributed by atoms with E-state index in [0.717, 1.165) is 0 Å². The number of thioether (sulfide) groups is 1. The number of anilines is 1. The van der Waals surface area contributed by atoms with Gasteiger partial charge in [-0.1, -0.05) is 11.2 Å². The molecule has 1 aromatic heterocycles. The Hall–Kier alpha value is -2.95. The number of carbonyl (C=O) groups excluding carboxylic acids is 2. The third-order valence-electron chi connectivity index (χ3n) is 3.16. The largest absolute Gasteiger partial charge is 0.455 e. The zero-order valence-electron chi connectivity index (χ0n) is 14.1. The van der Waals surface area contributed by atoms with Crippen LogP contribution in [0.3, 0.4) is 0 Å². The van der Waals surface area contributed by atoms with Crippen molar-refractivity contribution in [2.75, 3.05) is 17.7 Å². The Morgan fingerprint density at radius 2 is 2.15 bits per heavy atom. The summed E-state index contributed by atoms with van der Waals surface area (Å²) in [5, 5.41) is 17.1. The molecule has 0 atom stereocenters. The molecule has 10 nitrogen and oxygen atoms in total. The first-order chi connectivity index (χ1) is 12.4. The van der Waals surface area contributed by atoms with Gasteiger partial charge in [-0.25, -0.2) is 0 Å². The summed E-state index contributed by atoms with van der Waals surface area (Å²) in [5.74, 6) is 0.166. The molecule has 2 aromatic rings. The van der Waals surface area contributed by atoms with Crippen molar-refractivity contribution >= 4 is 35.0 Å². The second-order valence-electron chi connectivity index (χ2n) is 5.14. The van der Waals surface area contributed by atoms with Crippen molar-refractivity contribution in [3.8, 4) is 0 Å². The number of carbonyl (C=O) groups is 2. The van der Waals surface area contributed by atoms with E-state index in [-0.39, 0.29) is 11.4 Å². The molecule has 1 aromatic carbocycles. The SMILES string of the molecule is Cc1nc(CSCC(=O)OCC(=O)Nc2cccc([N+](=O)[O-])c2C)no1. The highest BCUT2D eigenvalue weighted by molar-refractivity contribution is 7.99. The molecule has 2 rings (SSSR count). The summed E-state index contributed by atoms with van der Waals surface area (Å²) >= 11 is 1.22. The number of hydrogen-bond acceptors (Lipinski definition) is 9. The van der Waals surface area contributed by atoms with E-state index in [1.165, 1.54) is 36.9 Å². The number of rotatable bonds is 8. The minimum Gasteiger partial charge on any atom is -0.455 e. The van der Waals surface area contributed by atoms with Gasteiger partial charge in [0, 0.05) is 13.0 Å². The van der Waals surface area contributed by atoms with Crippen LogP contribution in [-0.4, -0.2) is 39.3 Å². The lowest BCUT2D eigenvalue weighted by Gasteiger charge is -2.09. The maximum absolute atomic E-state index is 11.9. The molecule has 0 spiro atoms. The Balaban J connectivity index is 1.75. The van der Waals surface area contributed by atoms with Crippen LogP contribution in [-0.2, 0) is 20.1 Å². The minimum absolute atomic E-state index is 0.0245. The van der Waals surface area contributed by atoms with Gasteiger partial charge in [-0.3, -0.25) is 19.7 Å². The molecule has 0 bridgehead atoms. The van der Waals surface area contributed by atoms with Gasteiger partial charge in [0.1, 0.15) is 0 Å². The Kier molecular flexibility index (Phi) is 6.67. The van der Waals surface area contributed by atoms with Gasteiger partial charge in [0.25, 0.3) is 11.6 Å². The number of benzene rings is 1. The summed E-state index contributed by atoms with van der Waals surface area (Å²) in [4.78, 5) is 37.8. The van der Waals surface area contributed by atoms with Gasteiger partial charge in [0.05, 0.1) is 27.7 Å². The van der Waals surface area contributed by atoms with Gasteiger partial charge in [-0.05, 0) is 13.0 Å². The van der Waals surface area contributed by atoms with Gasteiger partial charge >= 0.3 is 5.97 Å². The number of amides is 1. The first kappa shape index (κ1) is 19.4. The lowest BCUT2D eigenvalue weighted by Crippen LogP contribution is -2.22. The van der Waals surface area contributed by atoms with Crippen molar-refractivity contribution < 1.29 is 23.8 Å². The fourth-order valence-corrected chi connectivity index (χ4v) is 2.61. The zero-order valence-corrected chi connectivity index (χ0v) is 14.9. The van der Waals surface area contributed by atoms with E-state index < -0.39 is 23.4 Å². The predicted molar refractivity (Wildman–Crippen MR) is 92.6 cm³/mol. The molecule has 1 N–H and O–H groups in total. The number of nitrogens with one attached hydrogen (secondary N) is 1. The molecule has 0 aliphatic heterocycles. The molecule has 0 aliphatic rings. The lowest BCUT2D eigenvalue weighted by atomic mass is 10.1. The molecule has 0 unspecified atom stereocenters. The standard InChI is InChI=1S/C15H16N4O6S/c1-9-11(4-3-5-12(9)19(22)23)17-14(20)6-24-15(21)8-26-7-13-16-10(2)25-18-13/h3-5H,6-8H2,1-2H3,(H,17,20). The Morgan fingerprint density at radius 1 is 1.38 bits per heavy atom. The summed E-state index contributed by atoms with van der Waals surface area (Å²) in [6.07, 6.45) is 0. The zero-order chi connectivity index (χ0) is 19.1. The molecule has 1 heterocycles. The van der Waals surface area contributed by atoms with E-state index in [9.17, 15) is 19.7 Å². The van der Waals surface area contributed by atoms with E-state index in [2.05, 4.69) is 15.5 Å². The molecule has 138 valence electrons. The summed E-state index contributed by atoms with van der Waals surface area (Å²) in [6.45, 7) is 2.70. The molecular weight excluding hydrogens is 364 g/mol. The van der Waals surface area contributed by atoms with Crippen LogP contribution in [0.15, 0.2) is 22.7 Å². The Bertz CT molecular complexity index is 822. The van der Waals surface area contributed by atoms with Gasteiger partial charge in [-0.2, -0.15) is 4.98 Å². The molecule has 0 radical (unpaired) electrons. The van der Waals surface area contributed by atoms with Crippen molar-refractivity contribution in [1.82, 2.24) is 10.1 Å². The van der Waals surface area contributed by atoms with Crippen molar-refractivity contribution in [3.05, 3.63) is 45.6 Å². The summed E-state index contributed by atoms with van der Waals surface area (Å²) in [6, 6.07) is 4.33. The van der Waals surface area contributed by atoms with Crippen LogP contribution in [0.25, 0.3) is 0 Å². The number of nitrogens with zero attached hydrogens (tertiary/aromatic N) is 3. The maximum Gasteiger partial charge on any atom is 0.316 e. The van der Waals surface area contributed by atoms with Crippen LogP contribution < -0.4 is 5.32 Å². The molecule has 0 saturated heterocycles. The number of nitro benzene ring substituents is 1. The second kappa shape index (κ2) is 8.94. The van der Waals surface area contributed by atoms with E-state index in [4.69, 9.17) is 9.26 Å². The number of aryl methyl sites for hydroxylation is 1. The first-order valence-corrected chi connectivity index (χ1v) is 8.58. The average molecular weight is 380 g/mol.